The van der Waals surface area contributed by atoms with E-state index in [2.05, 4.69) is 44.2 Å². The largest absolute Gasteiger partial charge is 0.440 e. The Hall–Kier alpha value is -2.93. The molecule has 0 aliphatic carbocycles. The van der Waals surface area contributed by atoms with E-state index in [9.17, 15) is 5.26 Å². The third-order valence-electron chi connectivity index (χ3n) is 4.66. The Morgan fingerprint density at radius 2 is 1.80 bits per heavy atom. The van der Waals surface area contributed by atoms with Crippen LogP contribution >= 0.6 is 0 Å². The number of fused-ring (bicyclic) bond motifs is 1. The Bertz CT molecular complexity index is 858. The average Bonchev–Trinajstić information content (AvgIpc) is 2.60. The molecule has 1 aliphatic heterocycles. The van der Waals surface area contributed by atoms with Crippen molar-refractivity contribution in [2.24, 2.45) is 5.73 Å². The van der Waals surface area contributed by atoms with E-state index in [0.29, 0.717) is 17.2 Å². The molecule has 2 aromatic carbocycles. The van der Waals surface area contributed by atoms with Gasteiger partial charge in [-0.25, -0.2) is 0 Å². The highest BCUT2D eigenvalue weighted by atomic mass is 16.5. The molecule has 0 unspecified atom stereocenters. The lowest BCUT2D eigenvalue weighted by molar-refractivity contribution is 0.394. The first kappa shape index (κ1) is 16.9. The number of ether oxygens (including phenoxy) is 1. The molecule has 1 atom stereocenters. The monoisotopic (exact) mass is 333 g/mol. The standard InChI is InChI=1S/C21H23N3O/c1-13(2)14-5-7-15(8-6-14)20-17-10-9-16(24(3)4)11-19(17)25-21(23)18(20)12-22/h5-11,13,20H,23H2,1-4H3/t20-/m0/s1. The van der Waals surface area contributed by atoms with Crippen LogP contribution in [0.25, 0.3) is 0 Å². The number of hydrogen-bond donors (Lipinski definition) is 1. The second kappa shape index (κ2) is 6.52. The fraction of sp³-hybridized carbons (Fsp3) is 0.286. The van der Waals surface area contributed by atoms with Crippen molar-refractivity contribution in [2.45, 2.75) is 25.7 Å². The maximum Gasteiger partial charge on any atom is 0.205 e. The fourth-order valence-electron chi connectivity index (χ4n) is 3.14. The van der Waals surface area contributed by atoms with Gasteiger partial charge in [-0.2, -0.15) is 5.26 Å². The minimum Gasteiger partial charge on any atom is -0.440 e. The molecule has 25 heavy (non-hydrogen) atoms. The van der Waals surface area contributed by atoms with E-state index in [4.69, 9.17) is 10.5 Å². The van der Waals surface area contributed by atoms with Gasteiger partial charge >= 0.3 is 0 Å². The normalized spacial score (nSPS) is 16.2. The van der Waals surface area contributed by atoms with E-state index in [1.165, 1.54) is 5.56 Å². The maximum absolute atomic E-state index is 9.63. The minimum atomic E-state index is -0.203. The molecule has 2 aromatic rings. The van der Waals surface area contributed by atoms with Crippen molar-refractivity contribution in [1.29, 1.82) is 5.26 Å². The van der Waals surface area contributed by atoms with Gasteiger partial charge in [-0.1, -0.05) is 44.2 Å². The molecule has 0 saturated heterocycles. The van der Waals surface area contributed by atoms with Crippen LogP contribution in [0.2, 0.25) is 0 Å². The van der Waals surface area contributed by atoms with Crippen molar-refractivity contribution in [3.8, 4) is 11.8 Å². The van der Waals surface area contributed by atoms with Crippen molar-refractivity contribution in [3.05, 3.63) is 70.6 Å². The van der Waals surface area contributed by atoms with Crippen LogP contribution in [0.3, 0.4) is 0 Å². The molecule has 0 radical (unpaired) electrons. The highest BCUT2D eigenvalue weighted by molar-refractivity contribution is 5.61. The maximum atomic E-state index is 9.63. The number of nitrogens with two attached hydrogens (primary N) is 1. The summed E-state index contributed by atoms with van der Waals surface area (Å²) >= 11 is 0. The first-order valence-electron chi connectivity index (χ1n) is 8.41. The summed E-state index contributed by atoms with van der Waals surface area (Å²) in [6.07, 6.45) is 0. The lowest BCUT2D eigenvalue weighted by Gasteiger charge is -2.28. The lowest BCUT2D eigenvalue weighted by Crippen LogP contribution is -2.21. The fourth-order valence-corrected chi connectivity index (χ4v) is 3.14. The van der Waals surface area contributed by atoms with Gasteiger partial charge in [0.25, 0.3) is 0 Å². The molecule has 1 heterocycles. The molecule has 0 spiro atoms. The second-order valence-electron chi connectivity index (χ2n) is 6.86. The first-order chi connectivity index (χ1) is 11.9. The molecule has 1 aliphatic rings. The molecule has 3 rings (SSSR count). The van der Waals surface area contributed by atoms with Gasteiger partial charge < -0.3 is 15.4 Å². The predicted molar refractivity (Wildman–Crippen MR) is 101 cm³/mol. The zero-order valence-corrected chi connectivity index (χ0v) is 15.1. The quantitative estimate of drug-likeness (QED) is 0.919. The predicted octanol–water partition coefficient (Wildman–Crippen LogP) is 4.09. The molecule has 0 saturated carbocycles. The van der Waals surface area contributed by atoms with Crippen LogP contribution in [0, 0.1) is 11.3 Å². The number of benzene rings is 2. The topological polar surface area (TPSA) is 62.3 Å². The zero-order valence-electron chi connectivity index (χ0n) is 15.1. The molecular weight excluding hydrogens is 310 g/mol. The summed E-state index contributed by atoms with van der Waals surface area (Å²) < 4.78 is 5.75. The molecule has 0 aromatic heterocycles. The van der Waals surface area contributed by atoms with Gasteiger partial charge in [0.2, 0.25) is 5.88 Å². The Morgan fingerprint density at radius 3 is 2.36 bits per heavy atom. The molecule has 128 valence electrons. The van der Waals surface area contributed by atoms with Crippen molar-refractivity contribution in [1.82, 2.24) is 0 Å². The van der Waals surface area contributed by atoms with Crippen LogP contribution in [-0.4, -0.2) is 14.1 Å². The summed E-state index contributed by atoms with van der Waals surface area (Å²) in [7, 11) is 3.96. The molecule has 0 amide bonds. The zero-order chi connectivity index (χ0) is 18.1. The number of allylic oxidation sites excluding steroid dienone is 1. The molecular formula is C21H23N3O. The van der Waals surface area contributed by atoms with E-state index in [0.717, 1.165) is 16.8 Å². The Morgan fingerprint density at radius 1 is 1.12 bits per heavy atom. The van der Waals surface area contributed by atoms with Gasteiger partial charge in [0, 0.05) is 31.4 Å². The van der Waals surface area contributed by atoms with Crippen LogP contribution in [0.15, 0.2) is 53.9 Å². The van der Waals surface area contributed by atoms with Crippen LogP contribution in [0.1, 0.15) is 42.4 Å². The summed E-state index contributed by atoms with van der Waals surface area (Å²) in [6, 6.07) is 16.7. The molecule has 4 nitrogen and oxygen atoms in total. The van der Waals surface area contributed by atoms with Crippen LogP contribution in [-0.2, 0) is 0 Å². The van der Waals surface area contributed by atoms with E-state index in [1.807, 2.05) is 37.2 Å². The second-order valence-corrected chi connectivity index (χ2v) is 6.86. The van der Waals surface area contributed by atoms with Crippen molar-refractivity contribution in [2.75, 3.05) is 19.0 Å². The Kier molecular flexibility index (Phi) is 4.41. The number of rotatable bonds is 3. The number of anilines is 1. The highest BCUT2D eigenvalue weighted by Gasteiger charge is 2.30. The van der Waals surface area contributed by atoms with Crippen LogP contribution in [0.4, 0.5) is 5.69 Å². The van der Waals surface area contributed by atoms with Gasteiger partial charge in [0.15, 0.2) is 0 Å². The number of nitrogens with zero attached hydrogens (tertiary/aromatic N) is 2. The first-order valence-corrected chi connectivity index (χ1v) is 8.41. The van der Waals surface area contributed by atoms with E-state index in [-0.39, 0.29) is 11.8 Å². The summed E-state index contributed by atoms with van der Waals surface area (Å²) in [6.45, 7) is 4.33. The Balaban J connectivity index is 2.12. The van der Waals surface area contributed by atoms with Gasteiger partial charge in [-0.05, 0) is 23.1 Å². The summed E-state index contributed by atoms with van der Waals surface area (Å²) in [5.41, 5.74) is 10.8. The number of nitriles is 1. The summed E-state index contributed by atoms with van der Waals surface area (Å²) in [5, 5.41) is 9.63. The van der Waals surface area contributed by atoms with E-state index >= 15 is 0 Å². The highest BCUT2D eigenvalue weighted by Crippen LogP contribution is 2.43. The van der Waals surface area contributed by atoms with Crippen LogP contribution < -0.4 is 15.4 Å². The Labute approximate surface area is 149 Å². The van der Waals surface area contributed by atoms with Crippen molar-refractivity contribution in [3.63, 3.8) is 0 Å². The third-order valence-corrected chi connectivity index (χ3v) is 4.66. The molecule has 0 fully saturated rings. The van der Waals surface area contributed by atoms with Crippen molar-refractivity contribution >= 4 is 5.69 Å². The SMILES string of the molecule is CC(C)c1ccc([C@@H]2C(C#N)=C(N)Oc3cc(N(C)C)ccc32)cc1. The van der Waals surface area contributed by atoms with Crippen LogP contribution in [0.5, 0.6) is 5.75 Å². The van der Waals surface area contributed by atoms with Gasteiger partial charge in [0.05, 0.1) is 5.92 Å². The molecule has 2 N–H and O–H groups in total. The summed E-state index contributed by atoms with van der Waals surface area (Å²) in [5.74, 6) is 1.16. The average molecular weight is 333 g/mol. The minimum absolute atomic E-state index is 0.184. The molecule has 0 bridgehead atoms. The van der Waals surface area contributed by atoms with Crippen molar-refractivity contribution < 1.29 is 4.74 Å². The third kappa shape index (κ3) is 3.06. The smallest absolute Gasteiger partial charge is 0.205 e. The number of hydrogen-bond acceptors (Lipinski definition) is 4. The summed E-state index contributed by atoms with van der Waals surface area (Å²) in [4.78, 5) is 2.01. The van der Waals surface area contributed by atoms with Gasteiger partial charge in [-0.3, -0.25) is 0 Å². The van der Waals surface area contributed by atoms with E-state index in [1.54, 1.807) is 0 Å². The lowest BCUT2D eigenvalue weighted by atomic mass is 9.83. The molecule has 4 heteroatoms. The van der Waals surface area contributed by atoms with Gasteiger partial charge in [-0.15, -0.1) is 0 Å². The van der Waals surface area contributed by atoms with Gasteiger partial charge in [0.1, 0.15) is 17.4 Å². The van der Waals surface area contributed by atoms with E-state index < -0.39 is 0 Å².